The molecule has 44 nitrogen and oxygen atoms in total. The molecule has 3 aliphatic heterocycles. The molecule has 18 atom stereocenters. The number of methoxy groups -OCH3 is 2. The molecule has 3 fully saturated rings. The van der Waals surface area contributed by atoms with E-state index in [4.69, 9.17) is 52.0 Å². The molecule has 0 saturated carbocycles. The molecule has 3 saturated heterocycles. The van der Waals surface area contributed by atoms with Crippen molar-refractivity contribution in [2.24, 2.45) is 35.5 Å². The highest BCUT2D eigenvalue weighted by Gasteiger charge is 2.47. The van der Waals surface area contributed by atoms with Crippen LogP contribution in [0.5, 0.6) is 0 Å². The Morgan fingerprint density at radius 2 is 1.22 bits per heavy atom. The number of cyclic esters (lactones) is 1. The summed E-state index contributed by atoms with van der Waals surface area (Å²) in [6, 6.07) is 2.25. The van der Waals surface area contributed by atoms with E-state index in [0.29, 0.717) is 36.9 Å². The summed E-state index contributed by atoms with van der Waals surface area (Å²) < 4.78 is 75.5. The van der Waals surface area contributed by atoms with Crippen molar-refractivity contribution in [1.29, 1.82) is 0 Å². The highest BCUT2D eigenvalue weighted by atomic mass is 31.2. The second-order valence-electron chi connectivity index (χ2n) is 34.9. The van der Waals surface area contributed by atoms with Crippen molar-refractivity contribution in [3.63, 3.8) is 0 Å². The Kier molecular flexibility index (Phi) is 49.0. The number of benzene rings is 2. The predicted molar refractivity (Wildman–Crippen MR) is 485 cm³/mol. The SMILES string of the molecule is CC[C@H](C)[C@@H]([C@@H](CC(=O)N1CCC[C@H]1[C@H](OC)[C@@H](C)C(=O)N[C@H](C)[C@@H](OP(=O)(O)OCc1ccc(NC(=O)[C@H](C)NC(=O)[C@@H](NC(=O)[C@H](CO)NC(=O)[C@H](CC(=O)N[C@H]2CCOC2=O)NC(=O)CCOCCOCCOCCOCCNC(=O)[C@H](CNC(=O)CCP(=O)(O)O)N2C(=O)CC(C)C2=O)C(C)C)cc1)c1ccccc1)OC)N(C)C(=O)[C@@H](NC(=O)[C@H](C(C)C)N(C)C)C(C)C. The van der Waals surface area contributed by atoms with Gasteiger partial charge in [-0.1, -0.05) is 118 Å². The van der Waals surface area contributed by atoms with Crippen LogP contribution in [0.4, 0.5) is 5.69 Å². The van der Waals surface area contributed by atoms with Gasteiger partial charge in [0.25, 0.3) is 0 Å². The fourth-order valence-electron chi connectivity index (χ4n) is 15.6. The maximum atomic E-state index is 14.7. The van der Waals surface area contributed by atoms with E-state index >= 15 is 0 Å². The normalized spacial score (nSPS) is 18.8. The number of imide groups is 1. The lowest BCUT2D eigenvalue weighted by atomic mass is 9.89. The van der Waals surface area contributed by atoms with Crippen LogP contribution in [0.2, 0.25) is 0 Å². The van der Waals surface area contributed by atoms with E-state index in [9.17, 15) is 91.0 Å². The molecule has 3 aliphatic rings. The topological polar surface area (TPSA) is 587 Å². The van der Waals surface area contributed by atoms with Gasteiger partial charge in [0, 0.05) is 78.2 Å². The van der Waals surface area contributed by atoms with Crippen molar-refractivity contribution >= 4 is 110 Å². The first-order chi connectivity index (χ1) is 63.2. The number of hydrogen-bond acceptors (Lipinski definition) is 28. The molecule has 2 unspecified atom stereocenters. The number of phosphoric acid groups is 1. The van der Waals surface area contributed by atoms with Gasteiger partial charge in [-0.3, -0.25) is 90.5 Å². The van der Waals surface area contributed by atoms with Crippen LogP contribution >= 0.6 is 15.4 Å². The summed E-state index contributed by atoms with van der Waals surface area (Å²) in [5.74, 6) is -13.0. The molecular weight excluding hydrogens is 1790 g/mol. The van der Waals surface area contributed by atoms with Gasteiger partial charge in [-0.05, 0) is 87.7 Å². The summed E-state index contributed by atoms with van der Waals surface area (Å²) in [6.07, 6.45) is -3.62. The fraction of sp³-hybridized carbons (Fsp3) is 0.693. The molecule has 0 aromatic heterocycles. The summed E-state index contributed by atoms with van der Waals surface area (Å²) in [5, 5.41) is 36.1. The minimum absolute atomic E-state index is 0.00527. The van der Waals surface area contributed by atoms with Crippen molar-refractivity contribution in [1.82, 2.24) is 67.5 Å². The molecule has 14 amide bonds. The summed E-state index contributed by atoms with van der Waals surface area (Å²) >= 11 is 0. The van der Waals surface area contributed by atoms with Crippen molar-refractivity contribution in [2.75, 3.05) is 133 Å². The van der Waals surface area contributed by atoms with Crippen LogP contribution in [-0.4, -0.2) is 334 Å². The zero-order chi connectivity index (χ0) is 100. The minimum atomic E-state index is -4.98. The summed E-state index contributed by atoms with van der Waals surface area (Å²) in [5.41, 5.74) is 0.987. The smallest absolute Gasteiger partial charge is 0.464 e. The zero-order valence-electron chi connectivity index (χ0n) is 79.8. The van der Waals surface area contributed by atoms with Gasteiger partial charge in [0.15, 0.2) is 0 Å². The third kappa shape index (κ3) is 37.3. The first-order valence-corrected chi connectivity index (χ1v) is 48.5. The number of carbonyl (C=O) groups excluding carboxylic acids is 15. The number of amides is 14. The van der Waals surface area contributed by atoms with Crippen LogP contribution in [0.15, 0.2) is 54.6 Å². The molecule has 2 aromatic rings. The number of aliphatic hydroxyl groups excluding tert-OH is 1. The fourth-order valence-corrected chi connectivity index (χ4v) is 17.1. The van der Waals surface area contributed by atoms with Gasteiger partial charge in [-0.15, -0.1) is 0 Å². The standard InChI is InChI=1S/C88H142N14O30P2/c1-18-54(8)76(100(15)87(117)74(52(4)5)98-85(115)75(53(6)7)99(13)14)67(124-16)47-71(107)101-34-22-25-65(101)77(125-17)56(10)79(109)91-57(11)78(60-23-20-19-21-24-60)132-134(122,123)131-50-59-26-28-61(29-27-59)93-80(110)58(12)92-84(114)73(51(2)3)97-82(112)64(49-103)96-81(111)63(46-70(106)94-62-30-36-130-88(62)118)95-69(105)31-35-126-38-40-128-42-43-129-41-39-127-37-33-89-83(113)66(102-72(108)45-55(9)86(102)116)48-90-68(104)32-44-133(119,120)121/h19-21,23-24,26-29,51-58,62-67,73-78,103H,18,22,25,30-50H2,1-17H3,(H,89,113)(H,90,104)(H,91,109)(H,92,114)(H,93,110)(H,94,106)(H,95,105)(H,96,111)(H,97,112)(H,98,115)(H,122,123)(H2,119,120,121)/t54-,55?,56+,57+,58-,62-,63-,64-,65-,66-,67+,73-,74-,75-,76-,77+,78+/m0/s1. The van der Waals surface area contributed by atoms with Crippen molar-refractivity contribution in [3.8, 4) is 0 Å². The molecule has 754 valence electrons. The maximum Gasteiger partial charge on any atom is 0.473 e. The molecule has 2 aromatic carbocycles. The van der Waals surface area contributed by atoms with Gasteiger partial charge in [0.2, 0.25) is 82.7 Å². The number of likely N-dealkylation sites (N-methyl/N-ethyl adjacent to an activating group) is 2. The van der Waals surface area contributed by atoms with E-state index in [1.807, 2.05) is 60.5 Å². The number of nitrogens with one attached hydrogen (secondary N) is 10. The third-order valence-electron chi connectivity index (χ3n) is 23.2. The molecule has 0 radical (unpaired) electrons. The molecule has 5 rings (SSSR count). The van der Waals surface area contributed by atoms with Crippen LogP contribution in [0.25, 0.3) is 0 Å². The first kappa shape index (κ1) is 115. The molecule has 14 N–H and O–H groups in total. The minimum Gasteiger partial charge on any atom is -0.464 e. The Hall–Kier alpha value is -9.37. The maximum absolute atomic E-state index is 14.7. The Morgan fingerprint density at radius 3 is 1.77 bits per heavy atom. The molecular formula is C88H142N14O30P2. The highest BCUT2D eigenvalue weighted by molar-refractivity contribution is 7.51. The average Bonchev–Trinajstić information content (AvgIpc) is 1.44. The van der Waals surface area contributed by atoms with E-state index in [-0.39, 0.29) is 133 Å². The van der Waals surface area contributed by atoms with Crippen molar-refractivity contribution < 1.29 is 143 Å². The number of phosphoric ester groups is 1. The first-order valence-electron chi connectivity index (χ1n) is 45.2. The number of carbonyl (C=O) groups is 15. The van der Waals surface area contributed by atoms with E-state index in [1.54, 1.807) is 74.9 Å². The van der Waals surface area contributed by atoms with Crippen LogP contribution < -0.4 is 53.2 Å². The lowest BCUT2D eigenvalue weighted by molar-refractivity contribution is -0.148. The van der Waals surface area contributed by atoms with Gasteiger partial charge >= 0.3 is 21.4 Å². The number of likely N-dealkylation sites (tertiary alicyclic amines) is 2. The predicted octanol–water partition coefficient (Wildman–Crippen LogP) is 0.601. The lowest BCUT2D eigenvalue weighted by Gasteiger charge is -2.41. The number of nitrogens with zero attached hydrogens (tertiary/aromatic N) is 4. The second kappa shape index (κ2) is 57.0. The summed E-state index contributed by atoms with van der Waals surface area (Å²) in [7, 11) is -1.20. The van der Waals surface area contributed by atoms with Crippen molar-refractivity contribution in [2.45, 2.75) is 232 Å². The average molecular weight is 1940 g/mol. The number of esters is 1. The van der Waals surface area contributed by atoms with Gasteiger partial charge in [0.05, 0.1) is 134 Å². The van der Waals surface area contributed by atoms with E-state index in [2.05, 4.69) is 53.2 Å². The van der Waals surface area contributed by atoms with Crippen LogP contribution in [-0.2, 0) is 130 Å². The van der Waals surface area contributed by atoms with Crippen molar-refractivity contribution in [3.05, 3.63) is 65.7 Å². The Balaban J connectivity index is 1.08. The second-order valence-corrected chi connectivity index (χ2v) is 38.1. The number of ether oxygens (including phenoxy) is 7. The molecule has 3 heterocycles. The van der Waals surface area contributed by atoms with Crippen LogP contribution in [0, 0.1) is 35.5 Å². The monoisotopic (exact) mass is 1940 g/mol. The Labute approximate surface area is 782 Å². The van der Waals surface area contributed by atoms with Gasteiger partial charge < -0.3 is 116 Å². The van der Waals surface area contributed by atoms with Crippen LogP contribution in [0.1, 0.15) is 158 Å². The van der Waals surface area contributed by atoms with E-state index < -0.39 is 228 Å². The van der Waals surface area contributed by atoms with Crippen LogP contribution in [0.3, 0.4) is 0 Å². The van der Waals surface area contributed by atoms with Gasteiger partial charge in [-0.25, -0.2) is 9.36 Å². The Bertz CT molecular complexity index is 4300. The number of anilines is 1. The molecule has 134 heavy (non-hydrogen) atoms. The largest absolute Gasteiger partial charge is 0.473 e. The van der Waals surface area contributed by atoms with Gasteiger partial charge in [-0.2, -0.15) is 0 Å². The van der Waals surface area contributed by atoms with E-state index in [0.717, 1.165) is 4.90 Å². The highest BCUT2D eigenvalue weighted by Crippen LogP contribution is 2.50. The Morgan fingerprint density at radius 1 is 0.619 bits per heavy atom. The number of rotatable bonds is 61. The molecule has 0 spiro atoms. The van der Waals surface area contributed by atoms with E-state index in [1.165, 1.54) is 52.3 Å². The molecule has 0 bridgehead atoms. The third-order valence-corrected chi connectivity index (χ3v) is 24.9. The zero-order valence-corrected chi connectivity index (χ0v) is 81.6. The molecule has 0 aliphatic carbocycles. The molecule has 46 heteroatoms. The number of aliphatic hydroxyl groups is 1. The quantitative estimate of drug-likeness (QED) is 0.0187. The van der Waals surface area contributed by atoms with Gasteiger partial charge in [0.1, 0.15) is 48.4 Å². The number of hydrogen-bond donors (Lipinski definition) is 14. The summed E-state index contributed by atoms with van der Waals surface area (Å²) in [6.45, 7) is 19.5. The summed E-state index contributed by atoms with van der Waals surface area (Å²) in [4.78, 5) is 237. The lowest BCUT2D eigenvalue weighted by Crippen LogP contribution is -2.60.